The van der Waals surface area contributed by atoms with Gasteiger partial charge in [0.2, 0.25) is 0 Å². The molecule has 6 nitrogen and oxygen atoms in total. The van der Waals surface area contributed by atoms with Crippen molar-refractivity contribution in [2.75, 3.05) is 14.2 Å². The van der Waals surface area contributed by atoms with Crippen LogP contribution in [-0.4, -0.2) is 30.4 Å². The number of rotatable bonds is 4. The maximum Gasteiger partial charge on any atom is 0.341 e. The molecule has 0 saturated carbocycles. The van der Waals surface area contributed by atoms with Crippen molar-refractivity contribution in [3.8, 4) is 11.5 Å². The number of methoxy groups -OCH3 is 2. The Hall–Kier alpha value is -2.89. The van der Waals surface area contributed by atoms with Crippen LogP contribution in [-0.2, 0) is 16.1 Å². The van der Waals surface area contributed by atoms with Gasteiger partial charge in [0.05, 0.1) is 36.7 Å². The topological polar surface area (TPSA) is 75.7 Å². The second kappa shape index (κ2) is 7.26. The molecular formula is C22H28N2O4. The monoisotopic (exact) mass is 384 g/mol. The summed E-state index contributed by atoms with van der Waals surface area (Å²) < 4.78 is 18.7. The molecule has 1 aromatic carbocycles. The minimum atomic E-state index is -0.595. The largest absolute Gasteiger partial charge is 0.493 e. The molecule has 0 aliphatic carbocycles. The Bertz CT molecular complexity index is 990. The SMILES string of the molecule is CC/C=C1/Cn2c(cc3c(OC)c(OC)ccc32)C(N)=C1C(=O)OC(C)(C)C. The van der Waals surface area contributed by atoms with E-state index < -0.39 is 11.6 Å². The summed E-state index contributed by atoms with van der Waals surface area (Å²) in [5, 5.41) is 0.890. The van der Waals surface area contributed by atoms with Crippen molar-refractivity contribution in [2.24, 2.45) is 5.73 Å². The molecule has 0 unspecified atom stereocenters. The van der Waals surface area contributed by atoms with Gasteiger partial charge in [0.15, 0.2) is 11.5 Å². The molecule has 0 saturated heterocycles. The van der Waals surface area contributed by atoms with Gasteiger partial charge in [-0.2, -0.15) is 0 Å². The lowest BCUT2D eigenvalue weighted by Crippen LogP contribution is -2.29. The highest BCUT2D eigenvalue weighted by Gasteiger charge is 2.31. The summed E-state index contributed by atoms with van der Waals surface area (Å²) in [4.78, 5) is 12.9. The normalized spacial score (nSPS) is 15.7. The third-order valence-electron chi connectivity index (χ3n) is 4.67. The smallest absolute Gasteiger partial charge is 0.341 e. The first-order valence-corrected chi connectivity index (χ1v) is 9.38. The summed E-state index contributed by atoms with van der Waals surface area (Å²) in [5.41, 5.74) is 9.38. The quantitative estimate of drug-likeness (QED) is 0.806. The Kier molecular flexibility index (Phi) is 5.15. The molecule has 0 fully saturated rings. The summed E-state index contributed by atoms with van der Waals surface area (Å²) in [5.74, 6) is 0.900. The average molecular weight is 384 g/mol. The van der Waals surface area contributed by atoms with Crippen molar-refractivity contribution in [3.05, 3.63) is 41.1 Å². The molecule has 0 bridgehead atoms. The third kappa shape index (κ3) is 3.35. The molecule has 28 heavy (non-hydrogen) atoms. The molecule has 6 heteroatoms. The predicted molar refractivity (Wildman–Crippen MR) is 110 cm³/mol. The molecule has 2 N–H and O–H groups in total. The number of carbonyl (C=O) groups is 1. The third-order valence-corrected chi connectivity index (χ3v) is 4.67. The van der Waals surface area contributed by atoms with Gasteiger partial charge in [-0.05, 0) is 51.0 Å². The van der Waals surface area contributed by atoms with Gasteiger partial charge in [-0.3, -0.25) is 0 Å². The van der Waals surface area contributed by atoms with Crippen molar-refractivity contribution >= 4 is 22.6 Å². The summed E-state index contributed by atoms with van der Waals surface area (Å²) in [6.45, 7) is 8.12. The Morgan fingerprint density at radius 3 is 2.54 bits per heavy atom. The zero-order valence-electron chi connectivity index (χ0n) is 17.4. The summed E-state index contributed by atoms with van der Waals surface area (Å²) >= 11 is 0. The number of esters is 1. The Balaban J connectivity index is 2.24. The zero-order chi connectivity index (χ0) is 20.6. The van der Waals surface area contributed by atoms with Crippen molar-refractivity contribution in [2.45, 2.75) is 46.3 Å². The first kappa shape index (κ1) is 19.9. The maximum atomic E-state index is 12.9. The number of nitrogens with zero attached hydrogens (tertiary/aromatic N) is 1. The highest BCUT2D eigenvalue weighted by Crippen LogP contribution is 2.41. The second-order valence-corrected chi connectivity index (χ2v) is 7.78. The van der Waals surface area contributed by atoms with Gasteiger partial charge < -0.3 is 24.5 Å². The number of hydrogen-bond donors (Lipinski definition) is 1. The summed E-state index contributed by atoms with van der Waals surface area (Å²) in [6.07, 6.45) is 2.82. The first-order valence-electron chi connectivity index (χ1n) is 9.38. The predicted octanol–water partition coefficient (Wildman–Crippen LogP) is 4.02. The molecule has 0 amide bonds. The fourth-order valence-corrected chi connectivity index (χ4v) is 3.59. The molecule has 0 atom stereocenters. The molecule has 1 aliphatic rings. The first-order chi connectivity index (χ1) is 13.2. The van der Waals surface area contributed by atoms with Crippen LogP contribution in [0.5, 0.6) is 11.5 Å². The number of fused-ring (bicyclic) bond motifs is 3. The van der Waals surface area contributed by atoms with E-state index >= 15 is 0 Å². The lowest BCUT2D eigenvalue weighted by molar-refractivity contribution is -0.149. The lowest BCUT2D eigenvalue weighted by Gasteiger charge is -2.26. The van der Waals surface area contributed by atoms with E-state index in [-0.39, 0.29) is 0 Å². The van der Waals surface area contributed by atoms with E-state index in [1.807, 2.05) is 52.0 Å². The Labute approximate surface area is 165 Å². The fourth-order valence-electron chi connectivity index (χ4n) is 3.59. The Morgan fingerprint density at radius 2 is 1.96 bits per heavy atom. The van der Waals surface area contributed by atoms with Crippen molar-refractivity contribution < 1.29 is 19.0 Å². The second-order valence-electron chi connectivity index (χ2n) is 7.78. The van der Waals surface area contributed by atoms with Crippen LogP contribution in [0.15, 0.2) is 35.4 Å². The van der Waals surface area contributed by atoms with Crippen molar-refractivity contribution in [1.29, 1.82) is 0 Å². The van der Waals surface area contributed by atoms with E-state index in [2.05, 4.69) is 4.57 Å². The van der Waals surface area contributed by atoms with Crippen LogP contribution in [0, 0.1) is 0 Å². The van der Waals surface area contributed by atoms with Crippen molar-refractivity contribution in [1.82, 2.24) is 4.57 Å². The summed E-state index contributed by atoms with van der Waals surface area (Å²) in [6, 6.07) is 5.80. The highest BCUT2D eigenvalue weighted by atomic mass is 16.6. The number of ether oxygens (including phenoxy) is 3. The minimum Gasteiger partial charge on any atom is -0.493 e. The average Bonchev–Trinajstić information content (AvgIpc) is 2.98. The van der Waals surface area contributed by atoms with Crippen LogP contribution < -0.4 is 15.2 Å². The van der Waals surface area contributed by atoms with Gasteiger partial charge in [0.1, 0.15) is 5.60 Å². The number of aromatic nitrogens is 1. The molecule has 1 aromatic heterocycles. The van der Waals surface area contributed by atoms with Gasteiger partial charge in [-0.1, -0.05) is 13.0 Å². The van der Waals surface area contributed by atoms with Crippen molar-refractivity contribution in [3.63, 3.8) is 0 Å². The number of carbonyl (C=O) groups excluding carboxylic acids is 1. The minimum absolute atomic E-state index is 0.397. The molecule has 0 radical (unpaired) electrons. The van der Waals surface area contributed by atoms with Crippen LogP contribution in [0.25, 0.3) is 16.6 Å². The van der Waals surface area contributed by atoms with Crippen LogP contribution in [0.4, 0.5) is 0 Å². The number of allylic oxidation sites excluding steroid dienone is 1. The van der Waals surface area contributed by atoms with Gasteiger partial charge in [-0.25, -0.2) is 4.79 Å². The van der Waals surface area contributed by atoms with E-state index in [0.717, 1.165) is 28.6 Å². The van der Waals surface area contributed by atoms with Crippen LogP contribution >= 0.6 is 0 Å². The molecule has 150 valence electrons. The zero-order valence-corrected chi connectivity index (χ0v) is 17.4. The molecule has 3 rings (SSSR count). The van der Waals surface area contributed by atoms with Crippen LogP contribution in [0.2, 0.25) is 0 Å². The lowest BCUT2D eigenvalue weighted by atomic mass is 9.97. The Morgan fingerprint density at radius 1 is 1.25 bits per heavy atom. The molecule has 2 heterocycles. The fraction of sp³-hybridized carbons (Fsp3) is 0.409. The molecule has 2 aromatic rings. The van der Waals surface area contributed by atoms with E-state index in [4.69, 9.17) is 19.9 Å². The number of hydrogen-bond acceptors (Lipinski definition) is 5. The van der Waals surface area contributed by atoms with E-state index in [1.54, 1.807) is 14.2 Å². The number of benzene rings is 1. The van der Waals surface area contributed by atoms with E-state index in [0.29, 0.717) is 29.3 Å². The summed E-state index contributed by atoms with van der Waals surface area (Å²) in [7, 11) is 3.22. The number of nitrogens with two attached hydrogens (primary N) is 1. The van der Waals surface area contributed by atoms with Gasteiger partial charge in [0.25, 0.3) is 0 Å². The van der Waals surface area contributed by atoms with Crippen LogP contribution in [0.3, 0.4) is 0 Å². The molecule has 1 aliphatic heterocycles. The van der Waals surface area contributed by atoms with Crippen LogP contribution in [0.1, 0.15) is 39.8 Å². The molecular weight excluding hydrogens is 356 g/mol. The molecule has 0 spiro atoms. The van der Waals surface area contributed by atoms with E-state index in [1.165, 1.54) is 0 Å². The van der Waals surface area contributed by atoms with Gasteiger partial charge in [0, 0.05) is 11.9 Å². The highest BCUT2D eigenvalue weighted by molar-refractivity contribution is 6.04. The van der Waals surface area contributed by atoms with Gasteiger partial charge in [-0.15, -0.1) is 0 Å². The standard InChI is InChI=1S/C22H28N2O4/c1-7-8-13-12-24-15-9-10-17(26-5)20(27-6)14(15)11-16(24)19(23)18(13)21(25)28-22(2,3)4/h8-11H,7,12,23H2,1-6H3/b13-8-. The maximum absolute atomic E-state index is 12.9. The van der Waals surface area contributed by atoms with E-state index in [9.17, 15) is 4.79 Å². The van der Waals surface area contributed by atoms with Gasteiger partial charge >= 0.3 is 5.97 Å².